The van der Waals surface area contributed by atoms with E-state index in [-0.39, 0.29) is 17.9 Å². The minimum Gasteiger partial charge on any atom is -0.490 e. The van der Waals surface area contributed by atoms with E-state index in [0.717, 1.165) is 34.9 Å². The van der Waals surface area contributed by atoms with Crippen LogP contribution in [0.5, 0.6) is 11.5 Å². The van der Waals surface area contributed by atoms with Gasteiger partial charge in [0.1, 0.15) is 0 Å². The molecule has 0 saturated carbocycles. The van der Waals surface area contributed by atoms with Crippen molar-refractivity contribution in [2.45, 2.75) is 39.2 Å². The third kappa shape index (κ3) is 4.54. The number of aromatic nitrogens is 2. The maximum atomic E-state index is 13.2. The van der Waals surface area contributed by atoms with Crippen molar-refractivity contribution >= 4 is 17.5 Å². The summed E-state index contributed by atoms with van der Waals surface area (Å²) in [5.74, 6) is 1.40. The standard InChI is InChI=1S/C24H26ClN3O3/c1-15(2)23-20(14-26-28(23)19-8-6-18(25)7-9-19)24(29)27-16(3)17-5-10-21-22(13-17)31-12-4-11-30-21/h5-10,13-16H,4,11-12H2,1-3H3,(H,27,29). The van der Waals surface area contributed by atoms with Crippen LogP contribution in [0.1, 0.15) is 60.8 Å². The highest BCUT2D eigenvalue weighted by Crippen LogP contribution is 2.32. The molecule has 1 atom stereocenters. The monoisotopic (exact) mass is 439 g/mol. The highest BCUT2D eigenvalue weighted by molar-refractivity contribution is 6.30. The summed E-state index contributed by atoms with van der Waals surface area (Å²) in [6, 6.07) is 13.0. The molecule has 1 aliphatic heterocycles. The number of nitrogens with one attached hydrogen (secondary N) is 1. The molecule has 1 amide bonds. The first-order valence-corrected chi connectivity index (χ1v) is 10.9. The van der Waals surface area contributed by atoms with E-state index in [2.05, 4.69) is 10.4 Å². The summed E-state index contributed by atoms with van der Waals surface area (Å²) in [4.78, 5) is 13.2. The minimum absolute atomic E-state index is 0.104. The summed E-state index contributed by atoms with van der Waals surface area (Å²) in [7, 11) is 0. The number of amides is 1. The zero-order valence-electron chi connectivity index (χ0n) is 17.9. The lowest BCUT2D eigenvalue weighted by atomic mass is 10.0. The largest absolute Gasteiger partial charge is 0.490 e. The first kappa shape index (κ1) is 21.2. The van der Waals surface area contributed by atoms with Gasteiger partial charge in [0.15, 0.2) is 11.5 Å². The van der Waals surface area contributed by atoms with Gasteiger partial charge in [-0.15, -0.1) is 0 Å². The molecule has 7 heteroatoms. The van der Waals surface area contributed by atoms with Gasteiger partial charge in [0.05, 0.1) is 42.4 Å². The Labute approximate surface area is 187 Å². The van der Waals surface area contributed by atoms with Crippen LogP contribution in [0.2, 0.25) is 5.02 Å². The van der Waals surface area contributed by atoms with E-state index in [0.29, 0.717) is 23.8 Å². The Bertz CT molecular complexity index is 1080. The Hall–Kier alpha value is -2.99. The number of nitrogens with zero attached hydrogens (tertiary/aromatic N) is 2. The fourth-order valence-electron chi connectivity index (χ4n) is 3.68. The van der Waals surface area contributed by atoms with Crippen LogP contribution in [0.25, 0.3) is 5.69 Å². The molecular weight excluding hydrogens is 414 g/mol. The van der Waals surface area contributed by atoms with E-state index in [4.69, 9.17) is 21.1 Å². The zero-order chi connectivity index (χ0) is 22.0. The molecular formula is C24H26ClN3O3. The molecule has 0 spiro atoms. The fraction of sp³-hybridized carbons (Fsp3) is 0.333. The van der Waals surface area contributed by atoms with Crippen LogP contribution >= 0.6 is 11.6 Å². The number of hydrogen-bond donors (Lipinski definition) is 1. The Morgan fingerprint density at radius 1 is 1.06 bits per heavy atom. The first-order chi connectivity index (χ1) is 14.9. The summed E-state index contributed by atoms with van der Waals surface area (Å²) in [6.07, 6.45) is 2.48. The van der Waals surface area contributed by atoms with Gasteiger partial charge in [0.25, 0.3) is 5.91 Å². The summed E-state index contributed by atoms with van der Waals surface area (Å²) in [5.41, 5.74) is 3.23. The number of ether oxygens (including phenoxy) is 2. The predicted octanol–water partition coefficient (Wildman–Crippen LogP) is 5.30. The molecule has 1 aromatic heterocycles. The van der Waals surface area contributed by atoms with Crippen LogP contribution in [0, 0.1) is 0 Å². The van der Waals surface area contributed by atoms with Crippen molar-refractivity contribution in [2.24, 2.45) is 0 Å². The van der Waals surface area contributed by atoms with Crippen molar-refractivity contribution in [2.75, 3.05) is 13.2 Å². The van der Waals surface area contributed by atoms with E-state index >= 15 is 0 Å². The van der Waals surface area contributed by atoms with Gasteiger partial charge in [-0.05, 0) is 54.8 Å². The van der Waals surface area contributed by atoms with Crippen molar-refractivity contribution in [3.8, 4) is 17.2 Å². The number of carbonyl (C=O) groups is 1. The number of rotatable bonds is 5. The van der Waals surface area contributed by atoms with Gasteiger partial charge >= 0.3 is 0 Å². The van der Waals surface area contributed by atoms with Crippen molar-refractivity contribution in [3.05, 3.63) is 70.5 Å². The van der Waals surface area contributed by atoms with Crippen molar-refractivity contribution in [1.29, 1.82) is 0 Å². The molecule has 0 radical (unpaired) electrons. The average Bonchev–Trinajstić information content (AvgIpc) is 3.07. The number of fused-ring (bicyclic) bond motifs is 1. The number of halogens is 1. The lowest BCUT2D eigenvalue weighted by Crippen LogP contribution is -2.27. The summed E-state index contributed by atoms with van der Waals surface area (Å²) in [5, 5.41) is 8.23. The highest BCUT2D eigenvalue weighted by atomic mass is 35.5. The number of benzene rings is 2. The van der Waals surface area contributed by atoms with Crippen LogP contribution in [0.4, 0.5) is 0 Å². The van der Waals surface area contributed by atoms with Crippen LogP contribution in [0.3, 0.4) is 0 Å². The van der Waals surface area contributed by atoms with Gasteiger partial charge in [0, 0.05) is 11.4 Å². The molecule has 6 nitrogen and oxygen atoms in total. The van der Waals surface area contributed by atoms with E-state index in [1.54, 1.807) is 10.9 Å². The molecule has 31 heavy (non-hydrogen) atoms. The number of carbonyl (C=O) groups excluding carboxylic acids is 1. The third-order valence-electron chi connectivity index (χ3n) is 5.29. The summed E-state index contributed by atoms with van der Waals surface area (Å²) >= 11 is 6.02. The molecule has 2 heterocycles. The molecule has 2 aromatic carbocycles. The van der Waals surface area contributed by atoms with E-state index in [1.165, 1.54) is 0 Å². The van der Waals surface area contributed by atoms with Crippen LogP contribution < -0.4 is 14.8 Å². The Balaban J connectivity index is 1.57. The lowest BCUT2D eigenvalue weighted by Gasteiger charge is -2.18. The van der Waals surface area contributed by atoms with Gasteiger partial charge in [0.2, 0.25) is 0 Å². The summed E-state index contributed by atoms with van der Waals surface area (Å²) < 4.78 is 13.3. The minimum atomic E-state index is -0.205. The lowest BCUT2D eigenvalue weighted by molar-refractivity contribution is 0.0938. The molecule has 3 aromatic rings. The second-order valence-corrected chi connectivity index (χ2v) is 8.37. The normalized spacial score (nSPS) is 14.2. The molecule has 1 unspecified atom stereocenters. The van der Waals surface area contributed by atoms with Crippen molar-refractivity contribution < 1.29 is 14.3 Å². The average molecular weight is 440 g/mol. The van der Waals surface area contributed by atoms with Crippen molar-refractivity contribution in [1.82, 2.24) is 15.1 Å². The maximum absolute atomic E-state index is 13.2. The van der Waals surface area contributed by atoms with Gasteiger partial charge in [-0.2, -0.15) is 5.10 Å². The maximum Gasteiger partial charge on any atom is 0.255 e. The predicted molar refractivity (Wildman–Crippen MR) is 121 cm³/mol. The van der Waals surface area contributed by atoms with Crippen molar-refractivity contribution in [3.63, 3.8) is 0 Å². The molecule has 1 aliphatic rings. The molecule has 0 aliphatic carbocycles. The molecule has 4 rings (SSSR count). The van der Waals surface area contributed by atoms with Gasteiger partial charge in [-0.1, -0.05) is 31.5 Å². The molecule has 1 N–H and O–H groups in total. The SMILES string of the molecule is CC(C)c1c(C(=O)NC(C)c2ccc3c(c2)OCCCO3)cnn1-c1ccc(Cl)cc1. The van der Waals surface area contributed by atoms with Crippen LogP contribution in [-0.2, 0) is 0 Å². The van der Waals surface area contributed by atoms with Crippen LogP contribution in [0.15, 0.2) is 48.7 Å². The highest BCUT2D eigenvalue weighted by Gasteiger charge is 2.23. The van der Waals surface area contributed by atoms with Gasteiger partial charge in [-0.3, -0.25) is 4.79 Å². The van der Waals surface area contributed by atoms with E-state index in [1.807, 2.05) is 63.2 Å². The smallest absolute Gasteiger partial charge is 0.255 e. The second-order valence-electron chi connectivity index (χ2n) is 7.94. The molecule has 0 bridgehead atoms. The third-order valence-corrected chi connectivity index (χ3v) is 5.54. The quantitative estimate of drug-likeness (QED) is 0.585. The Morgan fingerprint density at radius 3 is 2.48 bits per heavy atom. The molecule has 0 saturated heterocycles. The Morgan fingerprint density at radius 2 is 1.77 bits per heavy atom. The topological polar surface area (TPSA) is 65.4 Å². The Kier molecular flexibility index (Phi) is 6.18. The van der Waals surface area contributed by atoms with Gasteiger partial charge < -0.3 is 14.8 Å². The van der Waals surface area contributed by atoms with E-state index < -0.39 is 0 Å². The molecule has 162 valence electrons. The van der Waals surface area contributed by atoms with E-state index in [9.17, 15) is 4.79 Å². The fourth-order valence-corrected chi connectivity index (χ4v) is 3.81. The number of hydrogen-bond acceptors (Lipinski definition) is 4. The zero-order valence-corrected chi connectivity index (χ0v) is 18.6. The van der Waals surface area contributed by atoms with Crippen LogP contribution in [-0.4, -0.2) is 28.9 Å². The molecule has 0 fully saturated rings. The van der Waals surface area contributed by atoms with Gasteiger partial charge in [-0.25, -0.2) is 4.68 Å². The second kappa shape index (κ2) is 9.02. The summed E-state index contributed by atoms with van der Waals surface area (Å²) in [6.45, 7) is 7.32. The first-order valence-electron chi connectivity index (χ1n) is 10.5.